The van der Waals surface area contributed by atoms with Gasteiger partial charge in [0, 0.05) is 51.6 Å². The van der Waals surface area contributed by atoms with Crippen LogP contribution < -0.4 is 26.0 Å². The van der Waals surface area contributed by atoms with E-state index < -0.39 is 0 Å². The molecule has 0 spiro atoms. The molecule has 5 rings (SSSR count). The quantitative estimate of drug-likeness (QED) is 0.594. The Morgan fingerprint density at radius 1 is 1.06 bits per heavy atom. The van der Waals surface area contributed by atoms with Gasteiger partial charge >= 0.3 is 6.03 Å². The molecule has 3 aliphatic heterocycles. The highest BCUT2D eigenvalue weighted by Crippen LogP contribution is 2.39. The van der Waals surface area contributed by atoms with Crippen molar-refractivity contribution in [3.05, 3.63) is 12.1 Å². The molecule has 0 unspecified atom stereocenters. The lowest BCUT2D eigenvalue weighted by Crippen LogP contribution is -2.41. The predicted octanol–water partition coefficient (Wildman–Crippen LogP) is 2.57. The molecule has 0 atom stereocenters. The van der Waals surface area contributed by atoms with E-state index in [0.717, 1.165) is 67.9 Å². The van der Waals surface area contributed by atoms with E-state index >= 15 is 0 Å². The van der Waals surface area contributed by atoms with Crippen molar-refractivity contribution in [2.75, 3.05) is 70.1 Å². The summed E-state index contributed by atoms with van der Waals surface area (Å²) >= 11 is 1.47. The van der Waals surface area contributed by atoms with Gasteiger partial charge in [-0.05, 0) is 37.8 Å². The molecule has 188 valence electrons. The maximum atomic E-state index is 12.3. The number of hydrogen-bond acceptors (Lipinski definition) is 9. The summed E-state index contributed by atoms with van der Waals surface area (Å²) in [5.74, 6) is 0.705. The van der Waals surface area contributed by atoms with E-state index in [9.17, 15) is 4.79 Å². The fraction of sp³-hybridized carbons (Fsp3) is 0.652. The van der Waals surface area contributed by atoms with Crippen molar-refractivity contribution >= 4 is 38.4 Å². The summed E-state index contributed by atoms with van der Waals surface area (Å²) in [5.41, 5.74) is 7.43. The van der Waals surface area contributed by atoms with Gasteiger partial charge < -0.3 is 34.9 Å². The summed E-state index contributed by atoms with van der Waals surface area (Å²) < 4.78 is 22.3. The Morgan fingerprint density at radius 3 is 2.32 bits per heavy atom. The molecule has 0 saturated carbocycles. The monoisotopic (exact) mass is 493 g/mol. The number of aromatic nitrogens is 1. The molecule has 0 radical (unpaired) electrons. The van der Waals surface area contributed by atoms with Gasteiger partial charge in [0.05, 0.1) is 30.7 Å². The summed E-state index contributed by atoms with van der Waals surface area (Å²) in [6.07, 6.45) is 3.75. The lowest BCUT2D eigenvalue weighted by Gasteiger charge is -2.29. The van der Waals surface area contributed by atoms with Gasteiger partial charge in [-0.1, -0.05) is 11.3 Å². The van der Waals surface area contributed by atoms with Crippen molar-refractivity contribution in [2.45, 2.75) is 37.8 Å². The highest BCUT2D eigenvalue weighted by atomic mass is 32.1. The zero-order valence-corrected chi connectivity index (χ0v) is 20.5. The molecule has 11 heteroatoms. The van der Waals surface area contributed by atoms with E-state index in [1.165, 1.54) is 11.3 Å². The van der Waals surface area contributed by atoms with Gasteiger partial charge in [-0.25, -0.2) is 9.78 Å². The van der Waals surface area contributed by atoms with E-state index in [-0.39, 0.29) is 12.1 Å². The third-order valence-corrected chi connectivity index (χ3v) is 7.09. The first-order chi connectivity index (χ1) is 16.6. The van der Waals surface area contributed by atoms with Crippen LogP contribution in [0.3, 0.4) is 0 Å². The fourth-order valence-corrected chi connectivity index (χ4v) is 5.14. The summed E-state index contributed by atoms with van der Waals surface area (Å²) in [7, 11) is 1.63. The van der Waals surface area contributed by atoms with Crippen molar-refractivity contribution < 1.29 is 23.7 Å². The highest BCUT2D eigenvalue weighted by Gasteiger charge is 2.21. The molecule has 3 aliphatic rings. The molecule has 3 saturated heterocycles. The zero-order valence-electron chi connectivity index (χ0n) is 19.7. The molecule has 4 heterocycles. The van der Waals surface area contributed by atoms with Crippen LogP contribution in [0.25, 0.3) is 10.2 Å². The minimum atomic E-state index is -0.229. The SMILES string of the molecule is COc1ccc(N2CCOCC2)c2sc(NC(=O)NC3CCOCC3)nc12.NC1CCOCC1. The number of carbonyl (C=O) groups is 1. The van der Waals surface area contributed by atoms with Crippen LogP contribution in [0.1, 0.15) is 25.7 Å². The number of benzene rings is 1. The number of morpholine rings is 1. The molecule has 1 aromatic carbocycles. The van der Waals surface area contributed by atoms with E-state index in [4.69, 9.17) is 24.7 Å². The van der Waals surface area contributed by atoms with Gasteiger partial charge in [-0.2, -0.15) is 0 Å². The number of urea groups is 1. The fourth-order valence-electron chi connectivity index (χ4n) is 4.12. The van der Waals surface area contributed by atoms with Crippen molar-refractivity contribution in [3.63, 3.8) is 0 Å². The number of rotatable bonds is 4. The number of fused-ring (bicyclic) bond motifs is 1. The van der Waals surface area contributed by atoms with Crippen LogP contribution in [-0.4, -0.2) is 82.9 Å². The molecule has 2 aromatic rings. The molecular formula is C23H35N5O5S. The Balaban J connectivity index is 0.000000336. The number of nitrogens with two attached hydrogens (primary N) is 1. The predicted molar refractivity (Wildman–Crippen MR) is 133 cm³/mol. The molecule has 4 N–H and O–H groups in total. The Bertz CT molecular complexity index is 924. The van der Waals surface area contributed by atoms with E-state index in [2.05, 4.69) is 26.6 Å². The topological polar surface area (TPSA) is 120 Å². The third kappa shape index (κ3) is 6.70. The lowest BCUT2D eigenvalue weighted by atomic mass is 10.1. The van der Waals surface area contributed by atoms with Gasteiger partial charge in [-0.3, -0.25) is 5.32 Å². The number of carbonyl (C=O) groups excluding carboxylic acids is 1. The summed E-state index contributed by atoms with van der Waals surface area (Å²) in [4.78, 5) is 19.2. The second kappa shape index (κ2) is 12.5. The second-order valence-corrected chi connectivity index (χ2v) is 9.52. The highest BCUT2D eigenvalue weighted by molar-refractivity contribution is 7.23. The Kier molecular flexibility index (Phi) is 9.17. The number of nitrogens with one attached hydrogen (secondary N) is 2. The summed E-state index contributed by atoms with van der Waals surface area (Å²) in [6, 6.07) is 4.31. The van der Waals surface area contributed by atoms with Crippen molar-refractivity contribution in [3.8, 4) is 5.75 Å². The molecule has 1 aromatic heterocycles. The first kappa shape index (κ1) is 24.9. The van der Waals surface area contributed by atoms with E-state index in [1.54, 1.807) is 7.11 Å². The lowest BCUT2D eigenvalue weighted by molar-refractivity contribution is 0.0806. The average Bonchev–Trinajstić information content (AvgIpc) is 3.29. The molecular weight excluding hydrogens is 458 g/mol. The van der Waals surface area contributed by atoms with Crippen LogP contribution in [0, 0.1) is 0 Å². The third-order valence-electron chi connectivity index (χ3n) is 6.10. The van der Waals surface area contributed by atoms with Crippen LogP contribution in [0.5, 0.6) is 5.75 Å². The van der Waals surface area contributed by atoms with Crippen LogP contribution in [-0.2, 0) is 14.2 Å². The van der Waals surface area contributed by atoms with Gasteiger partial charge in [0.2, 0.25) is 0 Å². The molecule has 34 heavy (non-hydrogen) atoms. The average molecular weight is 494 g/mol. The Morgan fingerprint density at radius 2 is 1.71 bits per heavy atom. The number of nitrogens with zero attached hydrogens (tertiary/aromatic N) is 2. The first-order valence-corrected chi connectivity index (χ1v) is 12.7. The first-order valence-electron chi connectivity index (χ1n) is 11.9. The molecule has 2 amide bonds. The maximum absolute atomic E-state index is 12.3. The number of amides is 2. The maximum Gasteiger partial charge on any atom is 0.321 e. The van der Waals surface area contributed by atoms with Crippen molar-refractivity contribution in [1.29, 1.82) is 0 Å². The minimum absolute atomic E-state index is 0.145. The normalized spacial score (nSPS) is 19.9. The van der Waals surface area contributed by atoms with Gasteiger partial charge in [0.25, 0.3) is 0 Å². The number of hydrogen-bond donors (Lipinski definition) is 3. The van der Waals surface area contributed by atoms with Crippen LogP contribution >= 0.6 is 11.3 Å². The number of anilines is 2. The summed E-state index contributed by atoms with van der Waals surface area (Å²) in [6.45, 7) is 6.20. The van der Waals surface area contributed by atoms with Crippen LogP contribution in [0.2, 0.25) is 0 Å². The van der Waals surface area contributed by atoms with Gasteiger partial charge in [0.15, 0.2) is 5.13 Å². The van der Waals surface area contributed by atoms with Gasteiger partial charge in [0.1, 0.15) is 11.3 Å². The van der Waals surface area contributed by atoms with Crippen LogP contribution in [0.15, 0.2) is 12.1 Å². The molecule has 3 fully saturated rings. The number of ether oxygens (including phenoxy) is 4. The van der Waals surface area contributed by atoms with Crippen molar-refractivity contribution in [2.24, 2.45) is 5.73 Å². The standard InChI is InChI=1S/C18H24N4O4S.C5H11NO/c1-24-14-3-2-13(22-6-10-26-11-7-22)16-15(14)20-18(27-16)21-17(23)19-12-4-8-25-9-5-12;6-5-1-3-7-4-2-5/h2-3,12H,4-11H2,1H3,(H2,19,20,21,23);5H,1-4,6H2. The Labute approximate surface area is 204 Å². The molecule has 0 bridgehead atoms. The second-order valence-electron chi connectivity index (χ2n) is 8.52. The number of methoxy groups -OCH3 is 1. The summed E-state index contributed by atoms with van der Waals surface area (Å²) in [5, 5.41) is 6.44. The van der Waals surface area contributed by atoms with E-state index in [0.29, 0.717) is 43.4 Å². The number of thiazole rings is 1. The van der Waals surface area contributed by atoms with E-state index in [1.807, 2.05) is 6.07 Å². The molecule has 0 aliphatic carbocycles. The largest absolute Gasteiger partial charge is 0.494 e. The minimum Gasteiger partial charge on any atom is -0.494 e. The van der Waals surface area contributed by atoms with Gasteiger partial charge in [-0.15, -0.1) is 0 Å². The van der Waals surface area contributed by atoms with Crippen molar-refractivity contribution in [1.82, 2.24) is 10.3 Å². The molecule has 10 nitrogen and oxygen atoms in total. The zero-order chi connectivity index (χ0) is 23.8. The Hall–Kier alpha value is -2.18. The smallest absolute Gasteiger partial charge is 0.321 e. The van der Waals surface area contributed by atoms with Crippen LogP contribution in [0.4, 0.5) is 15.6 Å².